The van der Waals surface area contributed by atoms with E-state index in [9.17, 15) is 4.79 Å². The molecule has 2 aliphatic heterocycles. The molecule has 0 aliphatic carbocycles. The minimum atomic E-state index is -0.281. The molecule has 4 rings (SSSR count). The van der Waals surface area contributed by atoms with Crippen molar-refractivity contribution in [2.45, 2.75) is 32.0 Å². The van der Waals surface area contributed by atoms with Gasteiger partial charge in [-0.15, -0.1) is 12.4 Å². The van der Waals surface area contributed by atoms with Crippen LogP contribution in [-0.4, -0.2) is 37.8 Å². The van der Waals surface area contributed by atoms with Gasteiger partial charge >= 0.3 is 0 Å². The molecular formula is C21H25ClN2O3. The third kappa shape index (κ3) is 4.43. The van der Waals surface area contributed by atoms with Crippen LogP contribution >= 0.6 is 12.4 Å². The van der Waals surface area contributed by atoms with Gasteiger partial charge < -0.3 is 20.1 Å². The van der Waals surface area contributed by atoms with Crippen LogP contribution in [0.4, 0.5) is 0 Å². The Labute approximate surface area is 165 Å². The average molecular weight is 389 g/mol. The predicted molar refractivity (Wildman–Crippen MR) is 107 cm³/mol. The number of carbonyl (C=O) groups excluding carboxylic acids is 1. The fourth-order valence-electron chi connectivity index (χ4n) is 3.51. The molecule has 1 fully saturated rings. The molecule has 0 aromatic heterocycles. The smallest absolute Gasteiger partial charge is 0.240 e. The van der Waals surface area contributed by atoms with Crippen molar-refractivity contribution in [3.05, 3.63) is 53.6 Å². The van der Waals surface area contributed by atoms with Crippen molar-refractivity contribution >= 4 is 18.3 Å². The summed E-state index contributed by atoms with van der Waals surface area (Å²) in [7, 11) is 0. The van der Waals surface area contributed by atoms with E-state index in [1.54, 1.807) is 0 Å². The lowest BCUT2D eigenvalue weighted by atomic mass is 10.0. The van der Waals surface area contributed by atoms with Crippen molar-refractivity contribution in [2.75, 3.05) is 19.8 Å². The molecule has 0 bridgehead atoms. The van der Waals surface area contributed by atoms with Crippen molar-refractivity contribution < 1.29 is 14.3 Å². The predicted octanol–water partition coefficient (Wildman–Crippen LogP) is 2.70. The van der Waals surface area contributed by atoms with E-state index in [2.05, 4.69) is 47.0 Å². The standard InChI is InChI=1S/C21H24N2O3.ClH/c1-14-20(22-9-11-25-14)21(24)23-13-15-2-4-16(5-3-15)17-6-7-19-18(12-17)8-10-26-19;/h2-7,12,14,20,22H,8-11,13H2,1H3,(H,23,24);1H/t14-,20+;/m1./s1. The highest BCUT2D eigenvalue weighted by molar-refractivity contribution is 5.85. The van der Waals surface area contributed by atoms with E-state index in [0.717, 1.165) is 24.3 Å². The summed E-state index contributed by atoms with van der Waals surface area (Å²) in [5, 5.41) is 6.20. The van der Waals surface area contributed by atoms with Crippen molar-refractivity contribution in [1.29, 1.82) is 0 Å². The van der Waals surface area contributed by atoms with E-state index in [4.69, 9.17) is 9.47 Å². The van der Waals surface area contributed by atoms with Gasteiger partial charge in [0.1, 0.15) is 11.8 Å². The second-order valence-electron chi connectivity index (χ2n) is 6.84. The summed E-state index contributed by atoms with van der Waals surface area (Å²) in [6.07, 6.45) is 0.875. The van der Waals surface area contributed by atoms with Crippen molar-refractivity contribution in [3.8, 4) is 16.9 Å². The normalized spacial score (nSPS) is 20.9. The Balaban J connectivity index is 0.00000210. The van der Waals surface area contributed by atoms with Crippen LogP contribution in [0.2, 0.25) is 0 Å². The molecular weight excluding hydrogens is 364 g/mol. The maximum Gasteiger partial charge on any atom is 0.240 e. The number of fused-ring (bicyclic) bond motifs is 1. The van der Waals surface area contributed by atoms with Crippen LogP contribution in [0.3, 0.4) is 0 Å². The van der Waals surface area contributed by atoms with Crippen LogP contribution in [0.25, 0.3) is 11.1 Å². The second kappa shape index (κ2) is 8.74. The van der Waals surface area contributed by atoms with Crippen LogP contribution in [0, 0.1) is 0 Å². The molecule has 0 unspecified atom stereocenters. The number of rotatable bonds is 4. The van der Waals surface area contributed by atoms with Gasteiger partial charge in [-0.3, -0.25) is 4.79 Å². The zero-order chi connectivity index (χ0) is 17.9. The molecule has 144 valence electrons. The van der Waals surface area contributed by atoms with E-state index in [-0.39, 0.29) is 30.5 Å². The molecule has 0 saturated carbocycles. The third-order valence-electron chi connectivity index (χ3n) is 5.04. The highest BCUT2D eigenvalue weighted by Gasteiger charge is 2.27. The molecule has 2 aromatic rings. The Morgan fingerprint density at radius 3 is 2.70 bits per heavy atom. The summed E-state index contributed by atoms with van der Waals surface area (Å²) in [6, 6.07) is 14.4. The van der Waals surface area contributed by atoms with Gasteiger partial charge in [-0.25, -0.2) is 0 Å². The summed E-state index contributed by atoms with van der Waals surface area (Å²) < 4.78 is 11.1. The van der Waals surface area contributed by atoms with Crippen LogP contribution in [0.1, 0.15) is 18.1 Å². The molecule has 0 spiro atoms. The van der Waals surface area contributed by atoms with Gasteiger partial charge in [-0.05, 0) is 41.3 Å². The lowest BCUT2D eigenvalue weighted by Gasteiger charge is -2.29. The fraction of sp³-hybridized carbons (Fsp3) is 0.381. The first-order valence-corrected chi connectivity index (χ1v) is 9.18. The molecule has 1 amide bonds. The summed E-state index contributed by atoms with van der Waals surface area (Å²) in [4.78, 5) is 12.3. The van der Waals surface area contributed by atoms with Crippen LogP contribution < -0.4 is 15.4 Å². The first kappa shape index (κ1) is 19.7. The van der Waals surface area contributed by atoms with Gasteiger partial charge in [0.15, 0.2) is 0 Å². The summed E-state index contributed by atoms with van der Waals surface area (Å²) in [5.41, 5.74) is 4.72. The number of hydrogen-bond donors (Lipinski definition) is 2. The zero-order valence-corrected chi connectivity index (χ0v) is 16.2. The maximum absolute atomic E-state index is 12.3. The highest BCUT2D eigenvalue weighted by Crippen LogP contribution is 2.30. The van der Waals surface area contributed by atoms with Gasteiger partial charge in [0.2, 0.25) is 5.91 Å². The Morgan fingerprint density at radius 1 is 1.15 bits per heavy atom. The number of amides is 1. The van der Waals surface area contributed by atoms with Crippen LogP contribution in [0.5, 0.6) is 5.75 Å². The molecule has 2 aliphatic rings. The number of ether oxygens (including phenoxy) is 2. The molecule has 1 saturated heterocycles. The quantitative estimate of drug-likeness (QED) is 0.845. The number of halogens is 1. The highest BCUT2D eigenvalue weighted by atomic mass is 35.5. The Morgan fingerprint density at radius 2 is 1.93 bits per heavy atom. The summed E-state index contributed by atoms with van der Waals surface area (Å²) in [6.45, 7) is 4.58. The first-order chi connectivity index (χ1) is 12.7. The van der Waals surface area contributed by atoms with E-state index in [1.807, 2.05) is 13.0 Å². The second-order valence-corrected chi connectivity index (χ2v) is 6.84. The van der Waals surface area contributed by atoms with E-state index in [1.165, 1.54) is 16.7 Å². The number of benzene rings is 2. The summed E-state index contributed by atoms with van der Waals surface area (Å²) >= 11 is 0. The summed E-state index contributed by atoms with van der Waals surface area (Å²) in [5.74, 6) is 0.988. The minimum Gasteiger partial charge on any atom is -0.493 e. The lowest BCUT2D eigenvalue weighted by Crippen LogP contribution is -2.55. The van der Waals surface area contributed by atoms with E-state index in [0.29, 0.717) is 19.7 Å². The number of nitrogens with one attached hydrogen (secondary N) is 2. The SMILES string of the molecule is C[C@H]1OCCN[C@@H]1C(=O)NCc1ccc(-c2ccc3c(c2)CCO3)cc1.Cl. The topological polar surface area (TPSA) is 59.6 Å². The Bertz CT molecular complexity index is 795. The largest absolute Gasteiger partial charge is 0.493 e. The molecule has 6 heteroatoms. The fourth-order valence-corrected chi connectivity index (χ4v) is 3.51. The molecule has 0 radical (unpaired) electrons. The molecule has 27 heavy (non-hydrogen) atoms. The number of carbonyl (C=O) groups is 1. The molecule has 2 heterocycles. The number of morpholine rings is 1. The maximum atomic E-state index is 12.3. The number of hydrogen-bond acceptors (Lipinski definition) is 4. The third-order valence-corrected chi connectivity index (χ3v) is 5.04. The molecule has 2 aromatic carbocycles. The molecule has 2 N–H and O–H groups in total. The van der Waals surface area contributed by atoms with Crippen molar-refractivity contribution in [1.82, 2.24) is 10.6 Å². The average Bonchev–Trinajstić information content (AvgIpc) is 3.15. The van der Waals surface area contributed by atoms with Gasteiger partial charge in [0, 0.05) is 19.5 Å². The lowest BCUT2D eigenvalue weighted by molar-refractivity contribution is -0.129. The molecule has 2 atom stereocenters. The first-order valence-electron chi connectivity index (χ1n) is 9.18. The van der Waals surface area contributed by atoms with Gasteiger partial charge in [-0.2, -0.15) is 0 Å². The van der Waals surface area contributed by atoms with Gasteiger partial charge in [0.05, 0.1) is 19.3 Å². The van der Waals surface area contributed by atoms with Gasteiger partial charge in [-0.1, -0.05) is 30.3 Å². The van der Waals surface area contributed by atoms with E-state index < -0.39 is 0 Å². The minimum absolute atomic E-state index is 0. The van der Waals surface area contributed by atoms with Gasteiger partial charge in [0.25, 0.3) is 0 Å². The van der Waals surface area contributed by atoms with Crippen LogP contribution in [0.15, 0.2) is 42.5 Å². The van der Waals surface area contributed by atoms with Crippen molar-refractivity contribution in [2.24, 2.45) is 0 Å². The Hall–Kier alpha value is -2.08. The monoisotopic (exact) mass is 388 g/mol. The van der Waals surface area contributed by atoms with E-state index >= 15 is 0 Å². The van der Waals surface area contributed by atoms with Crippen molar-refractivity contribution in [3.63, 3.8) is 0 Å². The zero-order valence-electron chi connectivity index (χ0n) is 15.4. The van der Waals surface area contributed by atoms with Crippen LogP contribution in [-0.2, 0) is 22.5 Å². The molecule has 5 nitrogen and oxygen atoms in total. The Kier molecular flexibility index (Phi) is 6.37.